The van der Waals surface area contributed by atoms with E-state index < -0.39 is 21.0 Å². The van der Waals surface area contributed by atoms with E-state index in [0.717, 1.165) is 0 Å². The molecule has 1 amide bonds. The molecule has 1 aromatic carbocycles. The van der Waals surface area contributed by atoms with Gasteiger partial charge in [-0.15, -0.1) is 0 Å². The van der Waals surface area contributed by atoms with Crippen molar-refractivity contribution in [2.45, 2.75) is 16.9 Å². The van der Waals surface area contributed by atoms with Crippen molar-refractivity contribution >= 4 is 46.6 Å². The van der Waals surface area contributed by atoms with E-state index in [4.69, 9.17) is 39.5 Å². The Bertz CT molecular complexity index is 504. The van der Waals surface area contributed by atoms with E-state index >= 15 is 0 Å². The van der Waals surface area contributed by atoms with E-state index in [9.17, 15) is 14.9 Å². The predicted molar refractivity (Wildman–Crippen MR) is 78.0 cm³/mol. The maximum absolute atomic E-state index is 11.4. The number of nitrogens with one attached hydrogen (secondary N) is 1. The average Bonchev–Trinajstić information content (AvgIpc) is 2.37. The van der Waals surface area contributed by atoms with Gasteiger partial charge in [0, 0.05) is 12.1 Å². The minimum atomic E-state index is -1.96. The van der Waals surface area contributed by atoms with Crippen LogP contribution in [0.1, 0.15) is 6.92 Å². The number of nitrogens with zero attached hydrogens (tertiary/aromatic N) is 1. The summed E-state index contributed by atoms with van der Waals surface area (Å²) in [6, 6.07) is 5.06. The fourth-order valence-corrected chi connectivity index (χ4v) is 1.54. The van der Waals surface area contributed by atoms with Crippen LogP contribution in [-0.4, -0.2) is 27.6 Å². The van der Waals surface area contributed by atoms with Crippen molar-refractivity contribution in [3.05, 3.63) is 34.4 Å². The fraction of sp³-hybridized carbons (Fsp3) is 0.364. The molecule has 1 aromatic rings. The third kappa shape index (κ3) is 5.82. The summed E-state index contributed by atoms with van der Waals surface area (Å²) in [5, 5.41) is 12.8. The summed E-state index contributed by atoms with van der Waals surface area (Å²) in [6.07, 6.45) is -2.15. The van der Waals surface area contributed by atoms with E-state index in [1.54, 1.807) is 6.92 Å². The Morgan fingerprint density at radius 3 is 2.38 bits per heavy atom. The molecule has 0 aliphatic carbocycles. The number of carbonyl (C=O) groups is 1. The average molecular weight is 358 g/mol. The van der Waals surface area contributed by atoms with Crippen LogP contribution in [0, 0.1) is 10.1 Å². The summed E-state index contributed by atoms with van der Waals surface area (Å²) in [7, 11) is 0. The first kappa shape index (κ1) is 17.6. The first-order chi connectivity index (χ1) is 9.74. The Balaban J connectivity index is 2.81. The maximum Gasteiger partial charge on any atom is 0.410 e. The minimum Gasteiger partial charge on any atom is -0.466 e. The van der Waals surface area contributed by atoms with E-state index in [1.165, 1.54) is 24.3 Å². The molecule has 7 nitrogen and oxygen atoms in total. The lowest BCUT2D eigenvalue weighted by molar-refractivity contribution is -0.384. The Morgan fingerprint density at radius 1 is 1.38 bits per heavy atom. The maximum atomic E-state index is 11.4. The van der Waals surface area contributed by atoms with Gasteiger partial charge in [-0.1, -0.05) is 34.8 Å². The second-order valence-electron chi connectivity index (χ2n) is 3.66. The van der Waals surface area contributed by atoms with Gasteiger partial charge in [0.25, 0.3) is 5.69 Å². The number of ether oxygens (including phenoxy) is 2. The first-order valence-corrected chi connectivity index (χ1v) is 6.78. The van der Waals surface area contributed by atoms with Crippen molar-refractivity contribution in [1.82, 2.24) is 5.32 Å². The third-order valence-electron chi connectivity index (χ3n) is 2.12. The zero-order chi connectivity index (χ0) is 16.0. The summed E-state index contributed by atoms with van der Waals surface area (Å²) in [5.41, 5.74) is -0.119. The van der Waals surface area contributed by atoms with Crippen LogP contribution in [0.3, 0.4) is 0 Å². The van der Waals surface area contributed by atoms with Crippen LogP contribution < -0.4 is 10.1 Å². The number of alkyl halides is 3. The van der Waals surface area contributed by atoms with Crippen molar-refractivity contribution in [2.24, 2.45) is 0 Å². The molecule has 0 aliphatic rings. The number of carbonyl (C=O) groups excluding carboxylic acids is 1. The Hall–Kier alpha value is -1.44. The lowest BCUT2D eigenvalue weighted by atomic mass is 10.3. The van der Waals surface area contributed by atoms with Gasteiger partial charge in [-0.25, -0.2) is 4.79 Å². The lowest BCUT2D eigenvalue weighted by Gasteiger charge is -2.25. The quantitative estimate of drug-likeness (QED) is 0.377. The summed E-state index contributed by atoms with van der Waals surface area (Å²) in [5.74, 6) is 0.175. The monoisotopic (exact) mass is 356 g/mol. The number of amides is 1. The lowest BCUT2D eigenvalue weighted by Crippen LogP contribution is -2.48. The second kappa shape index (κ2) is 7.53. The smallest absolute Gasteiger partial charge is 0.410 e. The van der Waals surface area contributed by atoms with Gasteiger partial charge in [0.05, 0.1) is 11.5 Å². The molecule has 0 saturated heterocycles. The molecule has 0 bridgehead atoms. The van der Waals surface area contributed by atoms with Crippen LogP contribution in [0.25, 0.3) is 0 Å². The minimum absolute atomic E-state index is 0.119. The third-order valence-corrected chi connectivity index (χ3v) is 2.72. The normalized spacial score (nSPS) is 12.4. The Labute approximate surface area is 135 Å². The van der Waals surface area contributed by atoms with Crippen molar-refractivity contribution in [3.63, 3.8) is 0 Å². The van der Waals surface area contributed by atoms with Gasteiger partial charge in [-0.2, -0.15) is 0 Å². The molecule has 0 aliphatic heterocycles. The van der Waals surface area contributed by atoms with Crippen molar-refractivity contribution < 1.29 is 19.2 Å². The zero-order valence-electron chi connectivity index (χ0n) is 10.7. The zero-order valence-corrected chi connectivity index (χ0v) is 13.0. The summed E-state index contributed by atoms with van der Waals surface area (Å²) >= 11 is 17.1. The highest BCUT2D eigenvalue weighted by atomic mass is 35.6. The highest BCUT2D eigenvalue weighted by Gasteiger charge is 2.36. The highest BCUT2D eigenvalue weighted by Crippen LogP contribution is 2.32. The molecular formula is C11H11Cl3N2O5. The SMILES string of the molecule is CCOC(=O)N[C@@H](Oc1ccc([N+](=O)[O-])cc1)C(Cl)(Cl)Cl. The number of hydrogen-bond acceptors (Lipinski definition) is 5. The molecule has 0 aromatic heterocycles. The van der Waals surface area contributed by atoms with Crippen LogP contribution in [0.5, 0.6) is 5.75 Å². The number of halogens is 3. The largest absolute Gasteiger partial charge is 0.466 e. The number of alkyl carbamates (subject to hydrolysis) is 1. The molecule has 0 radical (unpaired) electrons. The standard InChI is InChI=1S/C11H11Cl3N2O5/c1-2-20-10(17)15-9(11(12,13)14)21-8-5-3-7(4-6-8)16(18)19/h3-6,9H,2H2,1H3,(H,15,17)/t9-/m0/s1. The molecule has 0 saturated carbocycles. The molecule has 116 valence electrons. The number of non-ortho nitro benzene ring substituents is 1. The van der Waals surface area contributed by atoms with Crippen molar-refractivity contribution in [3.8, 4) is 5.75 Å². The first-order valence-electron chi connectivity index (χ1n) is 5.65. The van der Waals surface area contributed by atoms with Gasteiger partial charge in [0.1, 0.15) is 5.75 Å². The number of nitro groups is 1. The molecular weight excluding hydrogens is 346 g/mol. The van der Waals surface area contributed by atoms with E-state index in [-0.39, 0.29) is 18.0 Å². The van der Waals surface area contributed by atoms with Crippen LogP contribution in [0.2, 0.25) is 0 Å². The number of benzene rings is 1. The molecule has 1 atom stereocenters. The van der Waals surface area contributed by atoms with Crippen LogP contribution in [0.15, 0.2) is 24.3 Å². The van der Waals surface area contributed by atoms with Gasteiger partial charge in [0.2, 0.25) is 10.0 Å². The number of rotatable bonds is 5. The van der Waals surface area contributed by atoms with Crippen molar-refractivity contribution in [2.75, 3.05) is 6.61 Å². The molecule has 1 rings (SSSR count). The number of hydrogen-bond donors (Lipinski definition) is 1. The van der Waals surface area contributed by atoms with Gasteiger partial charge in [-0.05, 0) is 19.1 Å². The van der Waals surface area contributed by atoms with E-state index in [2.05, 4.69) is 10.1 Å². The summed E-state index contributed by atoms with van der Waals surface area (Å²) in [6.45, 7) is 1.75. The van der Waals surface area contributed by atoms with Gasteiger partial charge in [-0.3, -0.25) is 15.4 Å². The van der Waals surface area contributed by atoms with Crippen LogP contribution in [0.4, 0.5) is 10.5 Å². The van der Waals surface area contributed by atoms with Gasteiger partial charge < -0.3 is 9.47 Å². The molecule has 0 unspecified atom stereocenters. The molecule has 0 fully saturated rings. The van der Waals surface area contributed by atoms with E-state index in [0.29, 0.717) is 0 Å². The topological polar surface area (TPSA) is 90.7 Å². The van der Waals surface area contributed by atoms with Gasteiger partial charge >= 0.3 is 6.09 Å². The molecule has 0 heterocycles. The van der Waals surface area contributed by atoms with Crippen molar-refractivity contribution in [1.29, 1.82) is 0 Å². The molecule has 10 heteroatoms. The second-order valence-corrected chi connectivity index (χ2v) is 6.02. The van der Waals surface area contributed by atoms with Crippen LogP contribution in [-0.2, 0) is 4.74 Å². The summed E-state index contributed by atoms with van der Waals surface area (Å²) in [4.78, 5) is 21.3. The Morgan fingerprint density at radius 2 is 1.95 bits per heavy atom. The van der Waals surface area contributed by atoms with Crippen LogP contribution >= 0.6 is 34.8 Å². The summed E-state index contributed by atoms with van der Waals surface area (Å²) < 4.78 is 8.00. The van der Waals surface area contributed by atoms with Gasteiger partial charge in [0.15, 0.2) is 0 Å². The van der Waals surface area contributed by atoms with E-state index in [1.807, 2.05) is 0 Å². The highest BCUT2D eigenvalue weighted by molar-refractivity contribution is 6.68. The predicted octanol–water partition coefficient (Wildman–Crippen LogP) is 3.42. The molecule has 1 N–H and O–H groups in total. The molecule has 21 heavy (non-hydrogen) atoms. The Kier molecular flexibility index (Phi) is 6.32. The molecule has 0 spiro atoms. The fourth-order valence-electron chi connectivity index (χ4n) is 1.24. The number of nitro benzene ring substituents is 1.